The third kappa shape index (κ3) is 5.64. The van der Waals surface area contributed by atoms with Crippen molar-refractivity contribution < 1.29 is 19.8 Å². The summed E-state index contributed by atoms with van der Waals surface area (Å²) in [6.45, 7) is 1.61. The zero-order chi connectivity index (χ0) is 21.5. The molecule has 1 heterocycles. The molecule has 7 heteroatoms. The van der Waals surface area contributed by atoms with Gasteiger partial charge in [0.05, 0.1) is 5.92 Å². The second-order valence-electron chi connectivity index (χ2n) is 7.17. The summed E-state index contributed by atoms with van der Waals surface area (Å²) in [6, 6.07) is 18.7. The quantitative estimate of drug-likeness (QED) is 0.530. The number of nitrogens with zero attached hydrogens (tertiary/aromatic N) is 2. The van der Waals surface area contributed by atoms with Crippen molar-refractivity contribution >= 4 is 11.9 Å². The first kappa shape index (κ1) is 21.0. The van der Waals surface area contributed by atoms with E-state index in [1.54, 1.807) is 6.92 Å². The lowest BCUT2D eigenvalue weighted by molar-refractivity contribution is -0.141. The van der Waals surface area contributed by atoms with E-state index >= 15 is 0 Å². The fourth-order valence-corrected chi connectivity index (χ4v) is 3.20. The van der Waals surface area contributed by atoms with Gasteiger partial charge in [-0.15, -0.1) is 0 Å². The molecule has 0 saturated heterocycles. The lowest BCUT2D eigenvalue weighted by Gasteiger charge is -2.21. The molecule has 3 aromatic rings. The van der Waals surface area contributed by atoms with Crippen LogP contribution in [0, 0.1) is 5.92 Å². The summed E-state index contributed by atoms with van der Waals surface area (Å²) in [5, 5.41) is 21.6. The summed E-state index contributed by atoms with van der Waals surface area (Å²) in [5.41, 5.74) is 3.19. The van der Waals surface area contributed by atoms with E-state index in [1.165, 1.54) is 6.07 Å². The molecular formula is C23H23N3O4. The van der Waals surface area contributed by atoms with Gasteiger partial charge in [0.1, 0.15) is 12.0 Å². The third-order valence-corrected chi connectivity index (χ3v) is 4.82. The molecule has 1 aromatic heterocycles. The maximum atomic E-state index is 12.5. The van der Waals surface area contributed by atoms with Crippen molar-refractivity contribution in [2.24, 2.45) is 5.92 Å². The van der Waals surface area contributed by atoms with Crippen LogP contribution >= 0.6 is 0 Å². The zero-order valence-corrected chi connectivity index (χ0v) is 16.5. The number of carboxylic acids is 1. The Morgan fingerprint density at radius 3 is 2.30 bits per heavy atom. The number of nitrogens with one attached hydrogen (secondary N) is 1. The maximum absolute atomic E-state index is 12.5. The molecule has 0 radical (unpaired) electrons. The van der Waals surface area contributed by atoms with E-state index in [0.29, 0.717) is 6.42 Å². The number of aromatic hydroxyl groups is 1. The number of carbonyl (C=O) groups excluding carboxylic acids is 1. The van der Waals surface area contributed by atoms with Crippen molar-refractivity contribution in [3.8, 4) is 17.0 Å². The normalized spacial score (nSPS) is 12.7. The highest BCUT2D eigenvalue weighted by atomic mass is 16.4. The number of carbonyl (C=O) groups is 2. The predicted octanol–water partition coefficient (Wildman–Crippen LogP) is 3.30. The number of hydrogen-bond acceptors (Lipinski definition) is 5. The Labute approximate surface area is 174 Å². The van der Waals surface area contributed by atoms with Crippen LogP contribution in [0.25, 0.3) is 11.1 Å². The van der Waals surface area contributed by atoms with Crippen LogP contribution in [0.15, 0.2) is 67.0 Å². The van der Waals surface area contributed by atoms with Gasteiger partial charge in [0.2, 0.25) is 5.88 Å². The van der Waals surface area contributed by atoms with Crippen molar-refractivity contribution in [2.75, 3.05) is 0 Å². The van der Waals surface area contributed by atoms with E-state index < -0.39 is 23.8 Å². The molecule has 0 aliphatic carbocycles. The third-order valence-electron chi connectivity index (χ3n) is 4.82. The molecule has 30 heavy (non-hydrogen) atoms. The van der Waals surface area contributed by atoms with Crippen LogP contribution < -0.4 is 5.32 Å². The molecule has 0 aliphatic rings. The minimum absolute atomic E-state index is 0.0231. The predicted molar refractivity (Wildman–Crippen MR) is 112 cm³/mol. The SMILES string of the molecule is CC(CC(Cc1ccc(-c2ccccc2)cc1)NC(=O)c1cc(O)ncn1)C(=O)O. The highest BCUT2D eigenvalue weighted by molar-refractivity contribution is 5.92. The molecule has 3 rings (SSSR count). The Bertz CT molecular complexity index is 1010. The maximum Gasteiger partial charge on any atom is 0.306 e. The van der Waals surface area contributed by atoms with Gasteiger partial charge in [-0.2, -0.15) is 0 Å². The molecule has 1 amide bonds. The van der Waals surface area contributed by atoms with Crippen LogP contribution in [0.3, 0.4) is 0 Å². The molecule has 0 aliphatic heterocycles. The van der Waals surface area contributed by atoms with Crippen LogP contribution in [-0.4, -0.2) is 38.1 Å². The highest BCUT2D eigenvalue weighted by Crippen LogP contribution is 2.21. The number of aliphatic carboxylic acids is 1. The minimum Gasteiger partial charge on any atom is -0.493 e. The van der Waals surface area contributed by atoms with Gasteiger partial charge in [0.25, 0.3) is 5.91 Å². The van der Waals surface area contributed by atoms with Gasteiger partial charge in [-0.25, -0.2) is 9.97 Å². The lowest BCUT2D eigenvalue weighted by Crippen LogP contribution is -2.39. The number of rotatable bonds is 8. The summed E-state index contributed by atoms with van der Waals surface area (Å²) in [6.07, 6.45) is 1.83. The van der Waals surface area contributed by atoms with Gasteiger partial charge in [-0.3, -0.25) is 9.59 Å². The van der Waals surface area contributed by atoms with Crippen LogP contribution in [0.5, 0.6) is 5.88 Å². The standard InChI is InChI=1S/C23H23N3O4/c1-15(23(29)30)11-19(26-22(28)20-13-21(27)25-14-24-20)12-16-7-9-18(10-8-16)17-5-3-2-4-6-17/h2-10,13-15,19H,11-12H2,1H3,(H,26,28)(H,29,30)(H,24,25,27). The zero-order valence-electron chi connectivity index (χ0n) is 16.5. The van der Waals surface area contributed by atoms with E-state index in [9.17, 15) is 19.8 Å². The number of hydrogen-bond donors (Lipinski definition) is 3. The second kappa shape index (κ2) is 9.65. The molecular weight excluding hydrogens is 382 g/mol. The van der Waals surface area contributed by atoms with Gasteiger partial charge in [0.15, 0.2) is 0 Å². The van der Waals surface area contributed by atoms with Crippen molar-refractivity contribution in [1.82, 2.24) is 15.3 Å². The first-order chi connectivity index (χ1) is 14.4. The number of benzene rings is 2. The van der Waals surface area contributed by atoms with E-state index in [0.717, 1.165) is 23.0 Å². The van der Waals surface area contributed by atoms with Gasteiger partial charge < -0.3 is 15.5 Å². The minimum atomic E-state index is -0.923. The summed E-state index contributed by atoms with van der Waals surface area (Å²) in [7, 11) is 0. The molecule has 7 nitrogen and oxygen atoms in total. The van der Waals surface area contributed by atoms with Crippen LogP contribution in [0.4, 0.5) is 0 Å². The summed E-state index contributed by atoms with van der Waals surface area (Å²) >= 11 is 0. The van der Waals surface area contributed by atoms with Gasteiger partial charge in [0, 0.05) is 12.1 Å². The largest absolute Gasteiger partial charge is 0.493 e. The molecule has 154 valence electrons. The second-order valence-corrected chi connectivity index (χ2v) is 7.17. The lowest BCUT2D eigenvalue weighted by atomic mass is 9.95. The fraction of sp³-hybridized carbons (Fsp3) is 0.217. The van der Waals surface area contributed by atoms with Gasteiger partial charge in [-0.05, 0) is 29.5 Å². The molecule has 0 fully saturated rings. The fourth-order valence-electron chi connectivity index (χ4n) is 3.20. The molecule has 0 spiro atoms. The smallest absolute Gasteiger partial charge is 0.306 e. The average molecular weight is 405 g/mol. The van der Waals surface area contributed by atoms with Gasteiger partial charge in [-0.1, -0.05) is 61.5 Å². The molecule has 0 saturated carbocycles. The summed E-state index contributed by atoms with van der Waals surface area (Å²) < 4.78 is 0. The number of amides is 1. The first-order valence-corrected chi connectivity index (χ1v) is 9.61. The molecule has 0 bridgehead atoms. The van der Waals surface area contributed by atoms with E-state index in [2.05, 4.69) is 15.3 Å². The van der Waals surface area contributed by atoms with Crippen LogP contribution in [0.1, 0.15) is 29.4 Å². The molecule has 2 atom stereocenters. The number of aromatic nitrogens is 2. The monoisotopic (exact) mass is 405 g/mol. The Morgan fingerprint density at radius 2 is 1.67 bits per heavy atom. The Morgan fingerprint density at radius 1 is 1.00 bits per heavy atom. The van der Waals surface area contributed by atoms with Crippen molar-refractivity contribution in [2.45, 2.75) is 25.8 Å². The van der Waals surface area contributed by atoms with Crippen molar-refractivity contribution in [3.05, 3.63) is 78.2 Å². The van der Waals surface area contributed by atoms with Crippen LogP contribution in [-0.2, 0) is 11.2 Å². The van der Waals surface area contributed by atoms with E-state index in [-0.39, 0.29) is 18.0 Å². The summed E-state index contributed by atoms with van der Waals surface area (Å²) in [5.74, 6) is -2.34. The Kier molecular flexibility index (Phi) is 6.75. The van der Waals surface area contributed by atoms with Crippen LogP contribution in [0.2, 0.25) is 0 Å². The molecule has 3 N–H and O–H groups in total. The van der Waals surface area contributed by atoms with Gasteiger partial charge >= 0.3 is 5.97 Å². The highest BCUT2D eigenvalue weighted by Gasteiger charge is 2.22. The van der Waals surface area contributed by atoms with Crippen molar-refractivity contribution in [1.29, 1.82) is 0 Å². The average Bonchev–Trinajstić information content (AvgIpc) is 2.74. The topological polar surface area (TPSA) is 112 Å². The first-order valence-electron chi connectivity index (χ1n) is 9.61. The van der Waals surface area contributed by atoms with Crippen molar-refractivity contribution in [3.63, 3.8) is 0 Å². The summed E-state index contributed by atoms with van der Waals surface area (Å²) in [4.78, 5) is 31.3. The number of carboxylic acid groups (broad SMARTS) is 1. The van der Waals surface area contributed by atoms with E-state index in [1.807, 2.05) is 54.6 Å². The van der Waals surface area contributed by atoms with E-state index in [4.69, 9.17) is 0 Å². The molecule has 2 unspecified atom stereocenters. The Balaban J connectivity index is 1.75. The Hall–Kier alpha value is -3.74. The molecule has 2 aromatic carbocycles.